The Bertz CT molecular complexity index is 1720. The fourth-order valence-electron chi connectivity index (χ4n) is 10.3. The van der Waals surface area contributed by atoms with Crippen molar-refractivity contribution < 1.29 is 39.9 Å². The van der Waals surface area contributed by atoms with Crippen LogP contribution >= 0.6 is 0 Å². The second-order valence-electron chi connectivity index (χ2n) is 26.2. The number of carbonyl (C=O) groups excluding carboxylic acids is 3. The van der Waals surface area contributed by atoms with E-state index in [2.05, 4.69) is 87.8 Å². The molecule has 0 amide bonds. The van der Waals surface area contributed by atoms with Crippen molar-refractivity contribution in [2.24, 2.45) is 0 Å². The minimum atomic E-state index is -0.427. The van der Waals surface area contributed by atoms with E-state index in [-0.39, 0.29) is 24.1 Å². The van der Waals surface area contributed by atoms with Gasteiger partial charge in [-0.15, -0.1) is 17.8 Å². The highest BCUT2D eigenvalue weighted by molar-refractivity contribution is 5.76. The van der Waals surface area contributed by atoms with Crippen LogP contribution in [-0.4, -0.2) is 73.9 Å². The summed E-state index contributed by atoms with van der Waals surface area (Å²) >= 11 is 0. The molecule has 0 aromatic carbocycles. The number of allylic oxidation sites excluding steroid dienone is 6. The molecule has 0 radical (unpaired) electrons. The van der Waals surface area contributed by atoms with Crippen LogP contribution in [0.5, 0.6) is 0 Å². The minimum absolute atomic E-state index is 0.0506. The summed E-state index contributed by atoms with van der Waals surface area (Å²) in [6.45, 7) is 13.9. The molecule has 0 aliphatic carbocycles. The van der Waals surface area contributed by atoms with Crippen LogP contribution in [0.3, 0.4) is 0 Å². The van der Waals surface area contributed by atoms with Crippen molar-refractivity contribution in [3.8, 4) is 23.7 Å². The maximum atomic E-state index is 10.8. The Kier molecular flexibility index (Phi) is 88.0. The summed E-state index contributed by atoms with van der Waals surface area (Å²) in [5.74, 6) is 13.2. The van der Waals surface area contributed by atoms with Gasteiger partial charge in [-0.3, -0.25) is 0 Å². The summed E-state index contributed by atoms with van der Waals surface area (Å²) in [7, 11) is 0. The Hall–Kier alpha value is -3.11. The molecule has 532 valence electrons. The summed E-state index contributed by atoms with van der Waals surface area (Å²) in [6, 6.07) is 0. The maximum absolute atomic E-state index is 10.8. The lowest BCUT2D eigenvalue weighted by molar-refractivity contribution is -0.117. The monoisotopic (exact) mass is 1280 g/mol. The number of rotatable bonds is 62. The Balaban J connectivity index is -0.000000555. The maximum Gasteiger partial charge on any atom is 0.129 e. The molecular formula is C83H152O8. The van der Waals surface area contributed by atoms with Crippen molar-refractivity contribution in [1.82, 2.24) is 0 Å². The van der Waals surface area contributed by atoms with Gasteiger partial charge in [-0.2, -0.15) is 0 Å². The average Bonchev–Trinajstić information content (AvgIpc) is 3.54. The van der Waals surface area contributed by atoms with Gasteiger partial charge < -0.3 is 39.9 Å². The van der Waals surface area contributed by atoms with Crippen LogP contribution in [-0.2, 0) is 14.4 Å². The van der Waals surface area contributed by atoms with Gasteiger partial charge in [0.1, 0.15) is 23.5 Å². The lowest BCUT2D eigenvalue weighted by Crippen LogP contribution is -2.05. The largest absolute Gasteiger partial charge is 0.396 e. The first-order chi connectivity index (χ1) is 44.3. The average molecular weight is 1280 g/mol. The predicted octanol–water partition coefficient (Wildman–Crippen LogP) is 23.3. The third-order valence-electron chi connectivity index (χ3n) is 16.3. The summed E-state index contributed by atoms with van der Waals surface area (Å²) in [4.78, 5) is 32.3. The molecule has 8 nitrogen and oxygen atoms in total. The molecule has 5 N–H and O–H groups in total. The molecule has 0 saturated carbocycles. The topological polar surface area (TPSA) is 152 Å². The zero-order chi connectivity index (χ0) is 67.8. The van der Waals surface area contributed by atoms with Gasteiger partial charge in [-0.25, -0.2) is 0 Å². The van der Waals surface area contributed by atoms with Gasteiger partial charge in [0.05, 0.1) is 18.3 Å². The first-order valence-corrected chi connectivity index (χ1v) is 38.7. The number of aliphatic hydroxyl groups excluding tert-OH is 5. The molecule has 0 spiro atoms. The summed E-state index contributed by atoms with van der Waals surface area (Å²) < 4.78 is 0. The van der Waals surface area contributed by atoms with Gasteiger partial charge in [-0.1, -0.05) is 262 Å². The van der Waals surface area contributed by atoms with Crippen molar-refractivity contribution in [2.45, 2.75) is 432 Å². The van der Waals surface area contributed by atoms with Crippen LogP contribution < -0.4 is 0 Å². The van der Waals surface area contributed by atoms with E-state index in [4.69, 9.17) is 5.11 Å². The van der Waals surface area contributed by atoms with Gasteiger partial charge in [0, 0.05) is 45.1 Å². The van der Waals surface area contributed by atoms with E-state index in [0.717, 1.165) is 167 Å². The van der Waals surface area contributed by atoms with Crippen molar-refractivity contribution in [3.63, 3.8) is 0 Å². The van der Waals surface area contributed by atoms with Gasteiger partial charge in [0.15, 0.2) is 0 Å². The first kappa shape index (κ1) is 94.3. The van der Waals surface area contributed by atoms with E-state index in [1.165, 1.54) is 180 Å². The molecule has 0 saturated heterocycles. The van der Waals surface area contributed by atoms with E-state index in [9.17, 15) is 34.8 Å². The molecule has 0 bridgehead atoms. The number of ketones is 3. The molecule has 0 aromatic heterocycles. The fourth-order valence-corrected chi connectivity index (χ4v) is 10.3. The number of unbranched alkanes of at least 4 members (excludes halogenated alkanes) is 37. The molecule has 8 heteroatoms. The standard InChI is InChI=1S/C21H42O2.C21H38O2.C21H34O2.C20H38O2/c3*1-3-4-18-21(23)19-16-14-12-10-8-6-5-7-9-11-13-15-17-20(2)22;1-2-3-17-20(22)18-15-13-11-9-7-5-4-6-8-10-12-14-16-19-21/h21,23H,3-19H2,1-2H3;9,11,16,19,21,23H,3-8,10,12-15,17-18H2,1-2H3;21,23H,3-8,10,12-15,17-18H2,1-2H3;8,10,15,18,20-22H,2-7,9,11-14,16-17,19H2,1H3/b;11-9-,19-16-;;10-8-,18-15-. The zero-order valence-electron chi connectivity index (χ0n) is 61.2. The highest BCUT2D eigenvalue weighted by Gasteiger charge is 2.04. The highest BCUT2D eigenvalue weighted by Crippen LogP contribution is 2.16. The number of hydrogen-bond donors (Lipinski definition) is 5. The van der Waals surface area contributed by atoms with Crippen LogP contribution in [0, 0.1) is 23.7 Å². The van der Waals surface area contributed by atoms with Crippen LogP contribution in [0.15, 0.2) is 48.6 Å². The van der Waals surface area contributed by atoms with Gasteiger partial charge >= 0.3 is 0 Å². The summed E-state index contributed by atoms with van der Waals surface area (Å²) in [5.41, 5.74) is 0. The lowest BCUT2D eigenvalue weighted by Gasteiger charge is -2.09. The second kappa shape index (κ2) is 84.9. The van der Waals surface area contributed by atoms with Gasteiger partial charge in [-0.05, 0) is 162 Å². The van der Waals surface area contributed by atoms with Crippen molar-refractivity contribution >= 4 is 17.3 Å². The Morgan fingerprint density at radius 3 is 1.02 bits per heavy atom. The van der Waals surface area contributed by atoms with Crippen LogP contribution in [0.4, 0.5) is 0 Å². The molecule has 91 heavy (non-hydrogen) atoms. The minimum Gasteiger partial charge on any atom is -0.396 e. The SMILES string of the molecule is CCCCC(O)/C=C\CCCCCCC/C=C\CCCC(C)=O.CCCCC(O)/C=C\CCCCCCC/C=C\CCCCO.CCCCC(O)C#CCCCCCCCC#CCCCC(C)=O.CCCCC(O)CCCCCCCCCCCCCCC(C)=O. The third kappa shape index (κ3) is 98.1. The predicted molar refractivity (Wildman–Crippen MR) is 397 cm³/mol. The smallest absolute Gasteiger partial charge is 0.129 e. The number of Topliss-reactive ketones (excluding diaryl/α,β-unsaturated/α-hetero) is 3. The van der Waals surface area contributed by atoms with E-state index in [0.29, 0.717) is 31.0 Å². The quantitative estimate of drug-likeness (QED) is 0.0229. The second-order valence-corrected chi connectivity index (χ2v) is 26.2. The Morgan fingerprint density at radius 2 is 0.604 bits per heavy atom. The lowest BCUT2D eigenvalue weighted by atomic mass is 10.0. The normalized spacial score (nSPS) is 12.5. The van der Waals surface area contributed by atoms with Crippen molar-refractivity contribution in [1.29, 1.82) is 0 Å². The molecule has 0 aliphatic heterocycles. The van der Waals surface area contributed by atoms with E-state index >= 15 is 0 Å². The van der Waals surface area contributed by atoms with Crippen molar-refractivity contribution in [3.05, 3.63) is 48.6 Å². The molecular weight excluding hydrogens is 1120 g/mol. The molecule has 0 rings (SSSR count). The van der Waals surface area contributed by atoms with Crippen molar-refractivity contribution in [2.75, 3.05) is 6.61 Å². The van der Waals surface area contributed by atoms with Crippen LogP contribution in [0.1, 0.15) is 408 Å². The molecule has 0 aliphatic rings. The molecule has 0 aromatic rings. The first-order valence-electron chi connectivity index (χ1n) is 38.7. The zero-order valence-corrected chi connectivity index (χ0v) is 61.2. The van der Waals surface area contributed by atoms with Gasteiger partial charge in [0.2, 0.25) is 0 Å². The van der Waals surface area contributed by atoms with E-state index in [1.54, 1.807) is 20.8 Å². The van der Waals surface area contributed by atoms with Crippen LogP contribution in [0.2, 0.25) is 0 Å². The molecule has 0 fully saturated rings. The fraction of sp³-hybridized carbons (Fsp3) is 0.819. The number of carbonyl (C=O) groups is 3. The van der Waals surface area contributed by atoms with Crippen LogP contribution in [0.25, 0.3) is 0 Å². The van der Waals surface area contributed by atoms with E-state index < -0.39 is 6.10 Å². The Labute approximate surface area is 565 Å². The van der Waals surface area contributed by atoms with E-state index in [1.807, 2.05) is 12.2 Å². The molecule has 4 atom stereocenters. The Morgan fingerprint density at radius 1 is 0.308 bits per heavy atom. The highest BCUT2D eigenvalue weighted by atomic mass is 16.3. The molecule has 4 unspecified atom stereocenters. The third-order valence-corrected chi connectivity index (χ3v) is 16.3. The molecule has 0 heterocycles. The summed E-state index contributed by atoms with van der Waals surface area (Å²) in [5, 5.41) is 47.4. The number of aliphatic hydroxyl groups is 5. The van der Waals surface area contributed by atoms with Gasteiger partial charge in [0.25, 0.3) is 0 Å². The summed E-state index contributed by atoms with van der Waals surface area (Å²) in [6.07, 6.45) is 80.0. The number of hydrogen-bond acceptors (Lipinski definition) is 8.